The van der Waals surface area contributed by atoms with Crippen molar-refractivity contribution in [3.05, 3.63) is 51.4 Å². The molecule has 0 aliphatic carbocycles. The fourth-order valence-electron chi connectivity index (χ4n) is 2.92. The topological polar surface area (TPSA) is 79.6 Å². The monoisotopic (exact) mass is 385 g/mol. The van der Waals surface area contributed by atoms with Gasteiger partial charge < -0.3 is 10.2 Å². The highest BCUT2D eigenvalue weighted by atomic mass is 32.1. The lowest BCUT2D eigenvalue weighted by Crippen LogP contribution is -2.30. The van der Waals surface area contributed by atoms with Crippen LogP contribution in [0.25, 0.3) is 4.96 Å². The van der Waals surface area contributed by atoms with E-state index < -0.39 is 0 Å². The predicted molar refractivity (Wildman–Crippen MR) is 109 cm³/mol. The van der Waals surface area contributed by atoms with E-state index in [1.165, 1.54) is 21.9 Å². The smallest absolute Gasteiger partial charge is 0.275 e. The summed E-state index contributed by atoms with van der Waals surface area (Å²) in [4.78, 5) is 31.3. The van der Waals surface area contributed by atoms with Gasteiger partial charge >= 0.3 is 0 Å². The summed E-state index contributed by atoms with van der Waals surface area (Å²) in [6, 6.07) is 7.44. The Bertz CT molecular complexity index is 1020. The number of aromatic nitrogens is 3. The van der Waals surface area contributed by atoms with Gasteiger partial charge in [-0.05, 0) is 43.5 Å². The van der Waals surface area contributed by atoms with Crippen molar-refractivity contribution in [1.82, 2.24) is 14.6 Å². The fraction of sp³-hybridized carbons (Fsp3) is 0.368. The zero-order valence-corrected chi connectivity index (χ0v) is 16.8. The maximum absolute atomic E-state index is 12.4. The second kappa shape index (κ2) is 7.87. The van der Waals surface area contributed by atoms with Crippen molar-refractivity contribution in [2.75, 3.05) is 23.8 Å². The van der Waals surface area contributed by atoms with Crippen LogP contribution in [0.3, 0.4) is 0 Å². The SMILES string of the molecule is CCCc1cc(=O)n2nc(N(C)CC(=O)Nc3cc(C)cc(C)c3)sc2n1. The van der Waals surface area contributed by atoms with Crippen LogP contribution in [0.5, 0.6) is 0 Å². The average Bonchev–Trinajstić information content (AvgIpc) is 2.98. The van der Waals surface area contributed by atoms with Crippen molar-refractivity contribution in [2.45, 2.75) is 33.6 Å². The van der Waals surface area contributed by atoms with E-state index in [9.17, 15) is 9.59 Å². The third-order valence-corrected chi connectivity index (χ3v) is 5.03. The molecule has 142 valence electrons. The molecule has 8 heteroatoms. The molecular formula is C19H23N5O2S. The number of fused-ring (bicyclic) bond motifs is 1. The number of carbonyl (C=O) groups excluding carboxylic acids is 1. The molecule has 0 saturated carbocycles. The highest BCUT2D eigenvalue weighted by Crippen LogP contribution is 2.20. The largest absolute Gasteiger partial charge is 0.340 e. The van der Waals surface area contributed by atoms with E-state index in [1.807, 2.05) is 32.9 Å². The van der Waals surface area contributed by atoms with Crippen molar-refractivity contribution in [1.29, 1.82) is 0 Å². The van der Waals surface area contributed by atoms with Crippen LogP contribution in [0, 0.1) is 13.8 Å². The van der Waals surface area contributed by atoms with Crippen LogP contribution < -0.4 is 15.8 Å². The molecule has 27 heavy (non-hydrogen) atoms. The molecule has 0 aliphatic rings. The van der Waals surface area contributed by atoms with Gasteiger partial charge in [0.2, 0.25) is 16.0 Å². The van der Waals surface area contributed by atoms with Gasteiger partial charge in [0, 0.05) is 24.5 Å². The molecule has 0 atom stereocenters. The fourth-order valence-corrected chi connectivity index (χ4v) is 3.80. The Morgan fingerprint density at radius 1 is 1.22 bits per heavy atom. The molecule has 2 heterocycles. The number of anilines is 2. The number of amides is 1. The van der Waals surface area contributed by atoms with Crippen LogP contribution in [0.2, 0.25) is 0 Å². The standard InChI is InChI=1S/C19H23N5O2S/c1-5-6-14-10-17(26)24-18(21-14)27-19(22-24)23(4)11-16(25)20-15-8-12(2)7-13(3)9-15/h7-10H,5-6,11H2,1-4H3,(H,20,25). The van der Waals surface area contributed by atoms with Gasteiger partial charge in [-0.1, -0.05) is 30.7 Å². The molecule has 0 aliphatic heterocycles. The molecule has 0 spiro atoms. The Hall–Kier alpha value is -2.74. The lowest BCUT2D eigenvalue weighted by Gasteiger charge is -2.15. The highest BCUT2D eigenvalue weighted by Gasteiger charge is 2.15. The van der Waals surface area contributed by atoms with Crippen LogP contribution in [0.15, 0.2) is 29.1 Å². The number of rotatable bonds is 6. The minimum Gasteiger partial charge on any atom is -0.340 e. The summed E-state index contributed by atoms with van der Waals surface area (Å²) in [7, 11) is 1.77. The molecule has 0 saturated heterocycles. The zero-order chi connectivity index (χ0) is 19.6. The van der Waals surface area contributed by atoms with Crippen molar-refractivity contribution in [3.63, 3.8) is 0 Å². The molecule has 7 nitrogen and oxygen atoms in total. The summed E-state index contributed by atoms with van der Waals surface area (Å²) >= 11 is 1.30. The molecular weight excluding hydrogens is 362 g/mol. The first-order valence-electron chi connectivity index (χ1n) is 8.85. The second-order valence-corrected chi connectivity index (χ2v) is 7.63. The molecule has 2 aromatic heterocycles. The van der Waals surface area contributed by atoms with Crippen molar-refractivity contribution in [3.8, 4) is 0 Å². The van der Waals surface area contributed by atoms with E-state index >= 15 is 0 Å². The first-order valence-corrected chi connectivity index (χ1v) is 9.66. The normalized spacial score (nSPS) is 11.0. The molecule has 0 fully saturated rings. The van der Waals surface area contributed by atoms with E-state index in [0.717, 1.165) is 35.3 Å². The number of hydrogen-bond donors (Lipinski definition) is 1. The third kappa shape index (κ3) is 4.51. The Balaban J connectivity index is 1.75. The van der Waals surface area contributed by atoms with Crippen molar-refractivity contribution in [2.24, 2.45) is 0 Å². The number of likely N-dealkylation sites (N-methyl/N-ethyl adjacent to an activating group) is 1. The Labute approximate surface area is 161 Å². The van der Waals surface area contributed by atoms with Gasteiger partial charge in [0.25, 0.3) is 5.56 Å². The lowest BCUT2D eigenvalue weighted by atomic mass is 10.1. The van der Waals surface area contributed by atoms with Gasteiger partial charge in [-0.25, -0.2) is 4.98 Å². The van der Waals surface area contributed by atoms with E-state index in [4.69, 9.17) is 0 Å². The van der Waals surface area contributed by atoms with Crippen molar-refractivity contribution >= 4 is 33.0 Å². The van der Waals surface area contributed by atoms with Gasteiger partial charge in [0.05, 0.1) is 6.54 Å². The molecule has 3 rings (SSSR count). The summed E-state index contributed by atoms with van der Waals surface area (Å²) in [5.41, 5.74) is 3.54. The van der Waals surface area contributed by atoms with Gasteiger partial charge in [-0.2, -0.15) is 4.52 Å². The Morgan fingerprint density at radius 2 is 1.93 bits per heavy atom. The number of benzene rings is 1. The summed E-state index contributed by atoms with van der Waals surface area (Å²) in [5, 5.41) is 7.79. The van der Waals surface area contributed by atoms with Gasteiger partial charge in [-0.15, -0.1) is 5.10 Å². The minimum atomic E-state index is -0.195. The van der Waals surface area contributed by atoms with E-state index in [1.54, 1.807) is 11.9 Å². The summed E-state index contributed by atoms with van der Waals surface area (Å²) in [6.45, 7) is 6.16. The molecule has 1 aromatic carbocycles. The summed E-state index contributed by atoms with van der Waals surface area (Å²) in [6.07, 6.45) is 1.68. The van der Waals surface area contributed by atoms with Crippen LogP contribution in [0.4, 0.5) is 10.8 Å². The molecule has 1 N–H and O–H groups in total. The zero-order valence-electron chi connectivity index (χ0n) is 15.9. The van der Waals surface area contributed by atoms with E-state index in [-0.39, 0.29) is 18.0 Å². The number of aryl methyl sites for hydroxylation is 3. The Kier molecular flexibility index (Phi) is 5.55. The lowest BCUT2D eigenvalue weighted by molar-refractivity contribution is -0.114. The van der Waals surface area contributed by atoms with Crippen LogP contribution in [-0.2, 0) is 11.2 Å². The molecule has 0 bridgehead atoms. The first-order chi connectivity index (χ1) is 12.9. The molecule has 0 radical (unpaired) electrons. The summed E-state index contributed by atoms with van der Waals surface area (Å²) < 4.78 is 1.29. The first kappa shape index (κ1) is 19.0. The maximum atomic E-state index is 12.4. The Morgan fingerprint density at radius 3 is 2.59 bits per heavy atom. The predicted octanol–water partition coefficient (Wildman–Crippen LogP) is 2.80. The van der Waals surface area contributed by atoms with E-state index in [0.29, 0.717) is 10.1 Å². The van der Waals surface area contributed by atoms with Crippen LogP contribution >= 0.6 is 11.3 Å². The molecule has 3 aromatic rings. The quantitative estimate of drug-likeness (QED) is 0.706. The van der Waals surface area contributed by atoms with Gasteiger partial charge in [0.1, 0.15) is 0 Å². The number of hydrogen-bond acceptors (Lipinski definition) is 6. The van der Waals surface area contributed by atoms with Gasteiger partial charge in [-0.3, -0.25) is 9.59 Å². The minimum absolute atomic E-state index is 0.128. The maximum Gasteiger partial charge on any atom is 0.275 e. The van der Waals surface area contributed by atoms with Crippen LogP contribution in [-0.4, -0.2) is 34.1 Å². The summed E-state index contributed by atoms with van der Waals surface area (Å²) in [5.74, 6) is -0.145. The van der Waals surface area contributed by atoms with E-state index in [2.05, 4.69) is 21.5 Å². The second-order valence-electron chi connectivity index (χ2n) is 6.70. The highest BCUT2D eigenvalue weighted by molar-refractivity contribution is 7.20. The number of carbonyl (C=O) groups is 1. The number of nitrogens with one attached hydrogen (secondary N) is 1. The average molecular weight is 385 g/mol. The van der Waals surface area contributed by atoms with Crippen LogP contribution in [0.1, 0.15) is 30.2 Å². The molecule has 1 amide bonds. The van der Waals surface area contributed by atoms with Crippen molar-refractivity contribution < 1.29 is 4.79 Å². The van der Waals surface area contributed by atoms with Gasteiger partial charge in [0.15, 0.2) is 0 Å². The third-order valence-electron chi connectivity index (χ3n) is 4.01. The molecule has 0 unspecified atom stereocenters. The number of nitrogens with zero attached hydrogens (tertiary/aromatic N) is 4.